The monoisotopic (exact) mass is 733 g/mol. The number of hydrogen-bond acceptors (Lipinski definition) is 10. The standard InChI is InChI=1S/C42H43N3O9/c1-27-34(26-51-40(46)30-18-10-4-11-19-30)52-42(35(44-45-43)36(27)49-23-28-14-6-2-7-15-28)54-37-32-22-33(48-25-32)38(53-41(47)31-20-12-5-13-21-31)39(37)50-24-29-16-8-3-9-17-29/h2-21,27,32-39,42H,22-26H2,1H3/t27?,32?,33?,34?,35-,36+,37?,38+,39-,42?/m1/s1. The molecule has 2 saturated heterocycles. The second-order valence-corrected chi connectivity index (χ2v) is 13.8. The number of esters is 2. The Labute approximate surface area is 313 Å². The third-order valence-electron chi connectivity index (χ3n) is 10.3. The molecule has 2 bridgehead atoms. The van der Waals surface area contributed by atoms with Gasteiger partial charge < -0.3 is 33.2 Å². The lowest BCUT2D eigenvalue weighted by Crippen LogP contribution is -2.60. The number of nitrogens with zero attached hydrogens (tertiary/aromatic N) is 3. The molecule has 12 nitrogen and oxygen atoms in total. The van der Waals surface area contributed by atoms with Crippen LogP contribution in [0.25, 0.3) is 10.4 Å². The first kappa shape index (κ1) is 37.3. The second kappa shape index (κ2) is 17.8. The topological polar surface area (TPSA) is 148 Å². The normalized spacial score (nSPS) is 28.8. The van der Waals surface area contributed by atoms with Crippen LogP contribution in [0.3, 0.4) is 0 Å². The summed E-state index contributed by atoms with van der Waals surface area (Å²) in [7, 11) is 0. The van der Waals surface area contributed by atoms with E-state index < -0.39 is 60.9 Å². The molecule has 10 atom stereocenters. The Morgan fingerprint density at radius 2 is 1.30 bits per heavy atom. The van der Waals surface area contributed by atoms with Crippen molar-refractivity contribution in [1.82, 2.24) is 0 Å². The molecule has 4 aromatic carbocycles. The molecular formula is C42H43N3O9. The van der Waals surface area contributed by atoms with Crippen molar-refractivity contribution in [3.05, 3.63) is 154 Å². The van der Waals surface area contributed by atoms with Crippen LogP contribution < -0.4 is 0 Å². The molecule has 3 fully saturated rings. The fourth-order valence-corrected chi connectivity index (χ4v) is 7.38. The van der Waals surface area contributed by atoms with Gasteiger partial charge in [-0.25, -0.2) is 9.59 Å². The van der Waals surface area contributed by atoms with E-state index in [1.165, 1.54) is 0 Å². The molecule has 0 radical (unpaired) electrons. The van der Waals surface area contributed by atoms with Crippen LogP contribution in [0.1, 0.15) is 45.2 Å². The van der Waals surface area contributed by atoms with Gasteiger partial charge in [-0.3, -0.25) is 0 Å². The summed E-state index contributed by atoms with van der Waals surface area (Å²) >= 11 is 0. The minimum Gasteiger partial charge on any atom is -0.459 e. The van der Waals surface area contributed by atoms with Crippen molar-refractivity contribution in [3.8, 4) is 0 Å². The number of rotatable bonds is 14. The van der Waals surface area contributed by atoms with E-state index in [2.05, 4.69) is 10.0 Å². The second-order valence-electron chi connectivity index (χ2n) is 13.8. The zero-order valence-electron chi connectivity index (χ0n) is 29.9. The van der Waals surface area contributed by atoms with Gasteiger partial charge in [0.05, 0.1) is 55.4 Å². The lowest BCUT2D eigenvalue weighted by Gasteiger charge is -2.47. The van der Waals surface area contributed by atoms with E-state index in [0.29, 0.717) is 24.2 Å². The predicted molar refractivity (Wildman–Crippen MR) is 196 cm³/mol. The molecule has 0 aromatic heterocycles. The Kier molecular flexibility index (Phi) is 12.3. The van der Waals surface area contributed by atoms with E-state index in [1.807, 2.05) is 79.7 Å². The zero-order chi connectivity index (χ0) is 37.3. The minimum atomic E-state index is -1.14. The maximum absolute atomic E-state index is 13.5. The average molecular weight is 734 g/mol. The molecule has 1 saturated carbocycles. The summed E-state index contributed by atoms with van der Waals surface area (Å²) in [5.74, 6) is -1.55. The Bertz CT molecular complexity index is 1860. The van der Waals surface area contributed by atoms with Crippen LogP contribution in [0.2, 0.25) is 0 Å². The first-order chi connectivity index (χ1) is 26.5. The quantitative estimate of drug-likeness (QED) is 0.0574. The zero-order valence-corrected chi connectivity index (χ0v) is 29.9. The molecule has 6 unspecified atom stereocenters. The maximum Gasteiger partial charge on any atom is 0.338 e. The lowest BCUT2D eigenvalue weighted by atomic mass is 9.82. The molecule has 1 aliphatic carbocycles. The van der Waals surface area contributed by atoms with Gasteiger partial charge in [0, 0.05) is 16.7 Å². The summed E-state index contributed by atoms with van der Waals surface area (Å²) in [4.78, 5) is 29.7. The Morgan fingerprint density at radius 3 is 1.89 bits per heavy atom. The van der Waals surface area contributed by atoms with Crippen molar-refractivity contribution in [2.45, 2.75) is 75.5 Å². The number of carbonyl (C=O) groups excluding carboxylic acids is 2. The summed E-state index contributed by atoms with van der Waals surface area (Å²) in [5.41, 5.74) is 12.5. The van der Waals surface area contributed by atoms with Gasteiger partial charge in [-0.15, -0.1) is 0 Å². The average Bonchev–Trinajstić information content (AvgIpc) is 3.66. The largest absolute Gasteiger partial charge is 0.459 e. The fourth-order valence-electron chi connectivity index (χ4n) is 7.38. The van der Waals surface area contributed by atoms with E-state index in [9.17, 15) is 15.1 Å². The molecule has 280 valence electrons. The highest BCUT2D eigenvalue weighted by Crippen LogP contribution is 2.42. The smallest absolute Gasteiger partial charge is 0.338 e. The van der Waals surface area contributed by atoms with Crippen LogP contribution in [0, 0.1) is 11.8 Å². The van der Waals surface area contributed by atoms with E-state index in [0.717, 1.165) is 11.1 Å². The number of fused-ring (bicyclic) bond motifs is 2. The van der Waals surface area contributed by atoms with Crippen molar-refractivity contribution >= 4 is 11.9 Å². The third-order valence-corrected chi connectivity index (χ3v) is 10.3. The molecule has 2 aliphatic heterocycles. The first-order valence-corrected chi connectivity index (χ1v) is 18.2. The van der Waals surface area contributed by atoms with Crippen LogP contribution >= 0.6 is 0 Å². The van der Waals surface area contributed by atoms with Crippen molar-refractivity contribution < 1.29 is 42.7 Å². The van der Waals surface area contributed by atoms with Crippen LogP contribution in [0.15, 0.2) is 126 Å². The van der Waals surface area contributed by atoms with Crippen molar-refractivity contribution in [2.75, 3.05) is 13.2 Å². The van der Waals surface area contributed by atoms with Gasteiger partial charge in [0.25, 0.3) is 0 Å². The Balaban J connectivity index is 1.18. The van der Waals surface area contributed by atoms with Gasteiger partial charge in [0.2, 0.25) is 0 Å². The lowest BCUT2D eigenvalue weighted by molar-refractivity contribution is -0.295. The van der Waals surface area contributed by atoms with Gasteiger partial charge in [0.1, 0.15) is 18.8 Å². The number of ether oxygens (including phenoxy) is 7. The SMILES string of the molecule is CC1C(COC(=O)c2ccccc2)OC(OC2C3COC(C3)[C@H](OC(=O)c3ccccc3)[C@@H]2OCc2ccccc2)[C@H](N=[N+]=[N-])[C@H]1OCc1ccccc1. The highest BCUT2D eigenvalue weighted by molar-refractivity contribution is 5.89. The molecule has 0 N–H and O–H groups in total. The third kappa shape index (κ3) is 8.82. The van der Waals surface area contributed by atoms with Gasteiger partial charge in [-0.2, -0.15) is 0 Å². The van der Waals surface area contributed by atoms with Gasteiger partial charge in [0.15, 0.2) is 12.4 Å². The Morgan fingerprint density at radius 1 is 0.741 bits per heavy atom. The van der Waals surface area contributed by atoms with Crippen molar-refractivity contribution in [1.29, 1.82) is 0 Å². The molecule has 4 aromatic rings. The number of azide groups is 1. The van der Waals surface area contributed by atoms with E-state index in [1.54, 1.807) is 48.5 Å². The summed E-state index contributed by atoms with van der Waals surface area (Å²) in [6.45, 7) is 2.59. The molecule has 3 aliphatic rings. The molecular weight excluding hydrogens is 690 g/mol. The first-order valence-electron chi connectivity index (χ1n) is 18.2. The Hall–Kier alpha value is -5.07. The molecule has 54 heavy (non-hydrogen) atoms. The highest BCUT2D eigenvalue weighted by atomic mass is 16.7. The van der Waals surface area contributed by atoms with Crippen molar-refractivity contribution in [2.24, 2.45) is 17.0 Å². The summed E-state index contributed by atoms with van der Waals surface area (Å²) in [6.07, 6.45) is -4.71. The molecule has 12 heteroatoms. The summed E-state index contributed by atoms with van der Waals surface area (Å²) in [5, 5.41) is 4.18. The van der Waals surface area contributed by atoms with Crippen LogP contribution in [-0.2, 0) is 46.4 Å². The number of benzene rings is 4. The van der Waals surface area contributed by atoms with Crippen LogP contribution in [-0.4, -0.2) is 74.1 Å². The molecule has 0 spiro atoms. The van der Waals surface area contributed by atoms with Gasteiger partial charge in [-0.05, 0) is 47.3 Å². The molecule has 0 amide bonds. The fraction of sp³-hybridized carbons (Fsp3) is 0.381. The summed E-state index contributed by atoms with van der Waals surface area (Å²) in [6, 6.07) is 35.9. The molecule has 7 rings (SSSR count). The highest BCUT2D eigenvalue weighted by Gasteiger charge is 2.55. The van der Waals surface area contributed by atoms with E-state index in [4.69, 9.17) is 33.2 Å². The molecule has 2 heterocycles. The van der Waals surface area contributed by atoms with E-state index >= 15 is 0 Å². The van der Waals surface area contributed by atoms with Crippen LogP contribution in [0.4, 0.5) is 0 Å². The van der Waals surface area contributed by atoms with Crippen molar-refractivity contribution in [3.63, 3.8) is 0 Å². The predicted octanol–water partition coefficient (Wildman–Crippen LogP) is 7.08. The minimum absolute atomic E-state index is 0.104. The number of carbonyl (C=O) groups is 2. The summed E-state index contributed by atoms with van der Waals surface area (Å²) < 4.78 is 44.8. The van der Waals surface area contributed by atoms with Gasteiger partial charge in [-0.1, -0.05) is 109 Å². The van der Waals surface area contributed by atoms with Crippen LogP contribution in [0.5, 0.6) is 0 Å². The number of hydrogen-bond donors (Lipinski definition) is 0. The van der Waals surface area contributed by atoms with Gasteiger partial charge >= 0.3 is 11.9 Å². The maximum atomic E-state index is 13.5. The van der Waals surface area contributed by atoms with E-state index in [-0.39, 0.29) is 31.7 Å².